The van der Waals surface area contributed by atoms with Crippen LogP contribution in [0.15, 0.2) is 36.4 Å². The Bertz CT molecular complexity index is 909. The molecule has 0 aliphatic carbocycles. The van der Waals surface area contributed by atoms with Gasteiger partial charge in [0.1, 0.15) is 0 Å². The Morgan fingerprint density at radius 1 is 0.962 bits per heavy atom. The van der Waals surface area contributed by atoms with Gasteiger partial charge in [0.15, 0.2) is 5.60 Å². The standard InChI is InChI=1S/C16H8F6INO2/c17-15(18,19)9-4-2-1-3-8(9)14(26)12-10(16(20,21)22)5-7(23)6-11(12)24-13(14)25/h1-6,26H,(H,24,25). The van der Waals surface area contributed by atoms with Crippen LogP contribution in [0.25, 0.3) is 0 Å². The fourth-order valence-electron chi connectivity index (χ4n) is 2.95. The second-order valence-electron chi connectivity index (χ2n) is 5.58. The van der Waals surface area contributed by atoms with Gasteiger partial charge in [-0.3, -0.25) is 4.79 Å². The van der Waals surface area contributed by atoms with Crippen molar-refractivity contribution in [1.82, 2.24) is 0 Å². The van der Waals surface area contributed by atoms with Crippen LogP contribution in [-0.4, -0.2) is 11.0 Å². The molecule has 0 saturated carbocycles. The molecular weight excluding hydrogens is 479 g/mol. The van der Waals surface area contributed by atoms with Crippen LogP contribution < -0.4 is 5.32 Å². The number of halogens is 7. The minimum atomic E-state index is -4.99. The van der Waals surface area contributed by atoms with Crippen LogP contribution in [0.1, 0.15) is 22.3 Å². The van der Waals surface area contributed by atoms with Crippen molar-refractivity contribution in [2.24, 2.45) is 0 Å². The van der Waals surface area contributed by atoms with Gasteiger partial charge in [-0.15, -0.1) is 0 Å². The van der Waals surface area contributed by atoms with E-state index in [0.717, 1.165) is 24.3 Å². The summed E-state index contributed by atoms with van der Waals surface area (Å²) in [5.41, 5.74) is -8.18. The lowest BCUT2D eigenvalue weighted by molar-refractivity contribution is -0.144. The molecule has 1 atom stereocenters. The third-order valence-corrected chi connectivity index (χ3v) is 4.59. The number of nitrogens with one attached hydrogen (secondary N) is 1. The highest BCUT2D eigenvalue weighted by atomic mass is 127. The number of fused-ring (bicyclic) bond motifs is 1. The maximum atomic E-state index is 13.5. The molecule has 2 aromatic rings. The zero-order chi connectivity index (χ0) is 19.5. The summed E-state index contributed by atoms with van der Waals surface area (Å²) in [6.07, 6.45) is -9.96. The van der Waals surface area contributed by atoms with E-state index >= 15 is 0 Å². The Morgan fingerprint density at radius 2 is 1.54 bits per heavy atom. The number of anilines is 1. The summed E-state index contributed by atoms with van der Waals surface area (Å²) in [4.78, 5) is 12.3. The van der Waals surface area contributed by atoms with E-state index in [-0.39, 0.29) is 9.26 Å². The molecule has 0 bridgehead atoms. The van der Waals surface area contributed by atoms with E-state index in [4.69, 9.17) is 0 Å². The summed E-state index contributed by atoms with van der Waals surface area (Å²) in [6, 6.07) is 5.32. The van der Waals surface area contributed by atoms with Gasteiger partial charge in [-0.1, -0.05) is 18.2 Å². The van der Waals surface area contributed by atoms with E-state index in [0.29, 0.717) is 12.1 Å². The molecule has 1 heterocycles. The molecular formula is C16H8F6INO2. The highest BCUT2D eigenvalue weighted by Gasteiger charge is 2.55. The molecule has 2 aromatic carbocycles. The number of rotatable bonds is 1. The summed E-state index contributed by atoms with van der Waals surface area (Å²) < 4.78 is 80.4. The minimum Gasteiger partial charge on any atom is -0.372 e. The van der Waals surface area contributed by atoms with Crippen LogP contribution in [-0.2, 0) is 22.7 Å². The lowest BCUT2D eigenvalue weighted by Crippen LogP contribution is -2.38. The van der Waals surface area contributed by atoms with Crippen LogP contribution in [0.5, 0.6) is 0 Å². The molecule has 10 heteroatoms. The quantitative estimate of drug-likeness (QED) is 0.460. The summed E-state index contributed by atoms with van der Waals surface area (Å²) >= 11 is 1.58. The Kier molecular flexibility index (Phi) is 4.26. The predicted molar refractivity (Wildman–Crippen MR) is 87.2 cm³/mol. The molecule has 3 nitrogen and oxygen atoms in total. The topological polar surface area (TPSA) is 49.3 Å². The van der Waals surface area contributed by atoms with E-state index < -0.39 is 46.1 Å². The van der Waals surface area contributed by atoms with Crippen molar-refractivity contribution in [3.05, 3.63) is 62.2 Å². The maximum absolute atomic E-state index is 13.5. The molecule has 1 aliphatic heterocycles. The molecule has 3 rings (SSSR count). The molecule has 1 amide bonds. The van der Waals surface area contributed by atoms with Crippen molar-refractivity contribution in [3.63, 3.8) is 0 Å². The number of alkyl halides is 6. The number of benzene rings is 2. The average Bonchev–Trinajstić information content (AvgIpc) is 2.76. The monoisotopic (exact) mass is 487 g/mol. The number of carbonyl (C=O) groups is 1. The normalized spacial score (nSPS) is 20.1. The molecule has 138 valence electrons. The van der Waals surface area contributed by atoms with Gasteiger partial charge in [0.05, 0.1) is 11.1 Å². The summed E-state index contributed by atoms with van der Waals surface area (Å²) in [5.74, 6) is -1.38. The second kappa shape index (κ2) is 5.84. The highest BCUT2D eigenvalue weighted by molar-refractivity contribution is 14.1. The summed E-state index contributed by atoms with van der Waals surface area (Å²) in [5, 5.41) is 12.9. The fourth-order valence-corrected chi connectivity index (χ4v) is 3.57. The van der Waals surface area contributed by atoms with E-state index in [1.54, 1.807) is 22.6 Å². The van der Waals surface area contributed by atoms with Crippen LogP contribution in [0.2, 0.25) is 0 Å². The van der Waals surface area contributed by atoms with Gasteiger partial charge < -0.3 is 10.4 Å². The van der Waals surface area contributed by atoms with Crippen LogP contribution in [0.4, 0.5) is 32.0 Å². The van der Waals surface area contributed by atoms with Gasteiger partial charge in [-0.2, -0.15) is 26.3 Å². The number of carbonyl (C=O) groups excluding carboxylic acids is 1. The Labute approximate surface area is 156 Å². The molecule has 2 N–H and O–H groups in total. The first kappa shape index (κ1) is 19.0. The van der Waals surface area contributed by atoms with Crippen molar-refractivity contribution in [2.75, 3.05) is 5.32 Å². The van der Waals surface area contributed by atoms with Crippen LogP contribution >= 0.6 is 22.6 Å². The lowest BCUT2D eigenvalue weighted by atomic mass is 9.82. The molecule has 0 spiro atoms. The van der Waals surface area contributed by atoms with Gasteiger partial charge in [0.2, 0.25) is 0 Å². The van der Waals surface area contributed by atoms with E-state index in [1.807, 2.05) is 0 Å². The third-order valence-electron chi connectivity index (χ3n) is 3.97. The van der Waals surface area contributed by atoms with Gasteiger partial charge in [-0.05, 0) is 40.8 Å². The smallest absolute Gasteiger partial charge is 0.372 e. The van der Waals surface area contributed by atoms with Crippen molar-refractivity contribution < 1.29 is 36.2 Å². The van der Waals surface area contributed by atoms with Gasteiger partial charge in [-0.25, -0.2) is 0 Å². The number of aliphatic hydroxyl groups is 1. The summed E-state index contributed by atoms with van der Waals surface area (Å²) in [6.45, 7) is 0. The number of amides is 1. The van der Waals surface area contributed by atoms with Gasteiger partial charge >= 0.3 is 12.4 Å². The second-order valence-corrected chi connectivity index (χ2v) is 6.83. The predicted octanol–water partition coefficient (Wildman–Crippen LogP) is 4.52. The zero-order valence-corrected chi connectivity index (χ0v) is 14.6. The Morgan fingerprint density at radius 3 is 2.12 bits per heavy atom. The fraction of sp³-hybridized carbons (Fsp3) is 0.188. The first-order valence-electron chi connectivity index (χ1n) is 6.98. The Balaban J connectivity index is 2.39. The first-order chi connectivity index (χ1) is 11.9. The molecule has 0 saturated heterocycles. The zero-order valence-electron chi connectivity index (χ0n) is 12.5. The average molecular weight is 487 g/mol. The van der Waals surface area contributed by atoms with Crippen molar-refractivity contribution in [3.8, 4) is 0 Å². The number of hydrogen-bond acceptors (Lipinski definition) is 2. The molecule has 1 aliphatic rings. The third kappa shape index (κ3) is 2.84. The van der Waals surface area contributed by atoms with Crippen LogP contribution in [0, 0.1) is 3.57 Å². The van der Waals surface area contributed by atoms with Gasteiger partial charge in [0, 0.05) is 20.4 Å². The highest BCUT2D eigenvalue weighted by Crippen LogP contribution is 2.50. The maximum Gasteiger partial charge on any atom is 0.416 e. The molecule has 0 aromatic heterocycles. The minimum absolute atomic E-state index is 0.0994. The lowest BCUT2D eigenvalue weighted by Gasteiger charge is -2.27. The Hall–Kier alpha value is -1.82. The van der Waals surface area contributed by atoms with Gasteiger partial charge in [0.25, 0.3) is 5.91 Å². The van der Waals surface area contributed by atoms with Crippen LogP contribution in [0.3, 0.4) is 0 Å². The van der Waals surface area contributed by atoms with Crippen molar-refractivity contribution in [2.45, 2.75) is 18.0 Å². The molecule has 26 heavy (non-hydrogen) atoms. The van der Waals surface area contributed by atoms with E-state index in [1.165, 1.54) is 0 Å². The number of hydrogen-bond donors (Lipinski definition) is 2. The van der Waals surface area contributed by atoms with Crippen molar-refractivity contribution in [1.29, 1.82) is 0 Å². The molecule has 0 fully saturated rings. The molecule has 0 radical (unpaired) electrons. The van der Waals surface area contributed by atoms with E-state index in [9.17, 15) is 36.2 Å². The SMILES string of the molecule is O=C1Nc2cc(I)cc(C(F)(F)F)c2C1(O)c1ccccc1C(F)(F)F. The first-order valence-corrected chi connectivity index (χ1v) is 8.06. The van der Waals surface area contributed by atoms with Crippen molar-refractivity contribution >= 4 is 34.2 Å². The largest absolute Gasteiger partial charge is 0.416 e. The molecule has 1 unspecified atom stereocenters. The summed E-state index contributed by atoms with van der Waals surface area (Å²) in [7, 11) is 0. The van der Waals surface area contributed by atoms with E-state index in [2.05, 4.69) is 5.32 Å².